The van der Waals surface area contributed by atoms with Crippen LogP contribution in [0.1, 0.15) is 50.8 Å². The first-order valence-corrected chi connectivity index (χ1v) is 6.58. The molecule has 17 heavy (non-hydrogen) atoms. The lowest BCUT2D eigenvalue weighted by atomic mass is 10.1. The molecule has 2 unspecified atom stereocenters. The molecule has 0 radical (unpaired) electrons. The van der Waals surface area contributed by atoms with Crippen LogP contribution in [0.5, 0.6) is 0 Å². The molecule has 2 N–H and O–H groups in total. The van der Waals surface area contributed by atoms with Gasteiger partial charge in [0.15, 0.2) is 0 Å². The van der Waals surface area contributed by atoms with Gasteiger partial charge in [-0.25, -0.2) is 4.98 Å². The SMILES string of the molecule is CC1CCC(Nc2cc(=O)[nH]c(C3CC3)n2)C1. The Kier molecular flexibility index (Phi) is 2.65. The number of nitrogens with one attached hydrogen (secondary N) is 2. The van der Waals surface area contributed by atoms with Crippen molar-refractivity contribution in [2.75, 3.05) is 5.32 Å². The summed E-state index contributed by atoms with van der Waals surface area (Å²) in [4.78, 5) is 18.9. The van der Waals surface area contributed by atoms with E-state index >= 15 is 0 Å². The molecule has 0 saturated heterocycles. The predicted octanol–water partition coefficient (Wildman–Crippen LogP) is 2.25. The van der Waals surface area contributed by atoms with Gasteiger partial charge in [0, 0.05) is 18.0 Å². The van der Waals surface area contributed by atoms with Crippen molar-refractivity contribution in [2.24, 2.45) is 5.92 Å². The summed E-state index contributed by atoms with van der Waals surface area (Å²) in [7, 11) is 0. The van der Waals surface area contributed by atoms with E-state index in [4.69, 9.17) is 0 Å². The van der Waals surface area contributed by atoms with Gasteiger partial charge < -0.3 is 10.3 Å². The lowest BCUT2D eigenvalue weighted by Crippen LogP contribution is -2.20. The maximum atomic E-state index is 11.5. The number of nitrogens with zero attached hydrogens (tertiary/aromatic N) is 1. The molecule has 2 fully saturated rings. The van der Waals surface area contributed by atoms with Crippen LogP contribution in [0.3, 0.4) is 0 Å². The van der Waals surface area contributed by atoms with E-state index in [0.29, 0.717) is 12.0 Å². The van der Waals surface area contributed by atoms with Gasteiger partial charge in [0.05, 0.1) is 0 Å². The van der Waals surface area contributed by atoms with Gasteiger partial charge in [-0.1, -0.05) is 6.92 Å². The number of rotatable bonds is 3. The summed E-state index contributed by atoms with van der Waals surface area (Å²) >= 11 is 0. The molecule has 1 aromatic rings. The number of anilines is 1. The number of hydrogen-bond acceptors (Lipinski definition) is 3. The van der Waals surface area contributed by atoms with Crippen molar-refractivity contribution >= 4 is 5.82 Å². The molecule has 2 aliphatic carbocycles. The third kappa shape index (κ3) is 2.51. The van der Waals surface area contributed by atoms with Gasteiger partial charge in [-0.2, -0.15) is 0 Å². The fourth-order valence-corrected chi connectivity index (χ4v) is 2.65. The van der Waals surface area contributed by atoms with E-state index < -0.39 is 0 Å². The van der Waals surface area contributed by atoms with Gasteiger partial charge in [0.25, 0.3) is 5.56 Å². The molecule has 0 bridgehead atoms. The molecule has 4 nitrogen and oxygen atoms in total. The minimum absolute atomic E-state index is 0.0320. The fraction of sp³-hybridized carbons (Fsp3) is 0.692. The topological polar surface area (TPSA) is 57.8 Å². The van der Waals surface area contributed by atoms with E-state index in [9.17, 15) is 4.79 Å². The summed E-state index contributed by atoms with van der Waals surface area (Å²) in [5.74, 6) is 2.91. The summed E-state index contributed by atoms with van der Waals surface area (Å²) in [6, 6.07) is 2.07. The smallest absolute Gasteiger partial charge is 0.252 e. The van der Waals surface area contributed by atoms with Crippen molar-refractivity contribution in [3.8, 4) is 0 Å². The molecular weight excluding hydrogens is 214 g/mol. The first-order chi connectivity index (χ1) is 8.20. The standard InChI is InChI=1S/C13H19N3O/c1-8-2-5-10(6-8)14-11-7-12(17)16-13(15-11)9-3-4-9/h7-10H,2-6H2,1H3,(H2,14,15,16,17). The van der Waals surface area contributed by atoms with Crippen molar-refractivity contribution in [2.45, 2.75) is 51.0 Å². The predicted molar refractivity (Wildman–Crippen MR) is 67.3 cm³/mol. The van der Waals surface area contributed by atoms with Gasteiger partial charge in [0.1, 0.15) is 11.6 Å². The van der Waals surface area contributed by atoms with E-state index in [1.165, 1.54) is 19.3 Å². The second kappa shape index (κ2) is 4.17. The Bertz CT molecular complexity index is 464. The highest BCUT2D eigenvalue weighted by molar-refractivity contribution is 5.35. The summed E-state index contributed by atoms with van der Waals surface area (Å²) in [6.07, 6.45) is 5.97. The summed E-state index contributed by atoms with van der Waals surface area (Å²) < 4.78 is 0. The maximum Gasteiger partial charge on any atom is 0.252 e. The average molecular weight is 233 g/mol. The van der Waals surface area contributed by atoms with Gasteiger partial charge in [-0.15, -0.1) is 0 Å². The zero-order valence-corrected chi connectivity index (χ0v) is 10.2. The van der Waals surface area contributed by atoms with Crippen molar-refractivity contribution in [3.05, 3.63) is 22.2 Å². The minimum atomic E-state index is -0.0320. The number of aromatic nitrogens is 2. The van der Waals surface area contributed by atoms with Crippen molar-refractivity contribution in [1.29, 1.82) is 0 Å². The highest BCUT2D eigenvalue weighted by atomic mass is 16.1. The first-order valence-electron chi connectivity index (χ1n) is 6.58. The molecule has 0 amide bonds. The van der Waals surface area contributed by atoms with Crippen LogP contribution in [0, 0.1) is 5.92 Å². The monoisotopic (exact) mass is 233 g/mol. The Morgan fingerprint density at radius 2 is 2.18 bits per heavy atom. The maximum absolute atomic E-state index is 11.5. The van der Waals surface area contributed by atoms with E-state index in [0.717, 1.165) is 30.4 Å². The van der Waals surface area contributed by atoms with E-state index in [2.05, 4.69) is 22.2 Å². The summed E-state index contributed by atoms with van der Waals surface area (Å²) in [5, 5.41) is 3.40. The second-order valence-corrected chi connectivity index (χ2v) is 5.55. The fourth-order valence-electron chi connectivity index (χ4n) is 2.65. The molecule has 1 heterocycles. The Morgan fingerprint density at radius 1 is 1.35 bits per heavy atom. The second-order valence-electron chi connectivity index (χ2n) is 5.55. The van der Waals surface area contributed by atoms with Crippen molar-refractivity contribution in [3.63, 3.8) is 0 Å². The zero-order chi connectivity index (χ0) is 11.8. The molecule has 0 aliphatic heterocycles. The molecule has 1 aromatic heterocycles. The Hall–Kier alpha value is -1.32. The quantitative estimate of drug-likeness (QED) is 0.841. The molecule has 0 spiro atoms. The summed E-state index contributed by atoms with van der Waals surface area (Å²) in [6.45, 7) is 2.28. The van der Waals surface area contributed by atoms with Crippen LogP contribution >= 0.6 is 0 Å². The number of aromatic amines is 1. The molecule has 0 aromatic carbocycles. The van der Waals surface area contributed by atoms with Crippen LogP contribution in [0.25, 0.3) is 0 Å². The van der Waals surface area contributed by atoms with Gasteiger partial charge in [0.2, 0.25) is 0 Å². The average Bonchev–Trinajstić information content (AvgIpc) is 3.03. The summed E-state index contributed by atoms with van der Waals surface area (Å²) in [5.41, 5.74) is -0.0320. The highest BCUT2D eigenvalue weighted by Gasteiger charge is 2.27. The van der Waals surface area contributed by atoms with Gasteiger partial charge in [-0.3, -0.25) is 4.79 Å². The lowest BCUT2D eigenvalue weighted by molar-refractivity contribution is 0.602. The third-order valence-electron chi connectivity index (χ3n) is 3.77. The molecule has 4 heteroatoms. The van der Waals surface area contributed by atoms with Gasteiger partial charge in [-0.05, 0) is 38.0 Å². The molecule has 3 rings (SSSR count). The largest absolute Gasteiger partial charge is 0.367 e. The highest BCUT2D eigenvalue weighted by Crippen LogP contribution is 2.37. The van der Waals surface area contributed by atoms with Gasteiger partial charge >= 0.3 is 0 Å². The van der Waals surface area contributed by atoms with Crippen LogP contribution < -0.4 is 10.9 Å². The van der Waals surface area contributed by atoms with Crippen LogP contribution in [0.15, 0.2) is 10.9 Å². The number of H-pyrrole nitrogens is 1. The third-order valence-corrected chi connectivity index (χ3v) is 3.77. The molecule has 2 aliphatic rings. The molecule has 2 atom stereocenters. The van der Waals surface area contributed by atoms with E-state index in [1.807, 2.05) is 0 Å². The molecule has 2 saturated carbocycles. The Labute approximate surface area is 101 Å². The first kappa shape index (κ1) is 10.8. The van der Waals surface area contributed by atoms with Crippen LogP contribution in [-0.4, -0.2) is 16.0 Å². The number of hydrogen-bond donors (Lipinski definition) is 2. The van der Waals surface area contributed by atoms with Crippen molar-refractivity contribution < 1.29 is 0 Å². The van der Waals surface area contributed by atoms with Crippen molar-refractivity contribution in [1.82, 2.24) is 9.97 Å². The molecule has 92 valence electrons. The minimum Gasteiger partial charge on any atom is -0.367 e. The van der Waals surface area contributed by atoms with E-state index in [-0.39, 0.29) is 5.56 Å². The Balaban J connectivity index is 1.75. The normalized spacial score (nSPS) is 28.3. The molecular formula is C13H19N3O. The van der Waals surface area contributed by atoms with Crippen LogP contribution in [0.4, 0.5) is 5.82 Å². The van der Waals surface area contributed by atoms with Crippen LogP contribution in [0.2, 0.25) is 0 Å². The Morgan fingerprint density at radius 3 is 2.82 bits per heavy atom. The van der Waals surface area contributed by atoms with Crippen LogP contribution in [-0.2, 0) is 0 Å². The van der Waals surface area contributed by atoms with E-state index in [1.54, 1.807) is 6.07 Å². The lowest BCUT2D eigenvalue weighted by Gasteiger charge is -2.13. The zero-order valence-electron chi connectivity index (χ0n) is 10.2.